The van der Waals surface area contributed by atoms with Gasteiger partial charge in [0, 0.05) is 13.0 Å². The van der Waals surface area contributed by atoms with Gasteiger partial charge in [0.25, 0.3) is 0 Å². The van der Waals surface area contributed by atoms with Crippen LogP contribution in [0.3, 0.4) is 0 Å². The zero-order valence-corrected chi connectivity index (χ0v) is 6.07. The lowest BCUT2D eigenvalue weighted by atomic mass is 10.5. The molecule has 0 radical (unpaired) electrons. The van der Waals surface area contributed by atoms with E-state index in [9.17, 15) is 4.79 Å². The lowest BCUT2D eigenvalue weighted by molar-refractivity contribution is -0.109. The van der Waals surface area contributed by atoms with Crippen molar-refractivity contribution in [2.75, 3.05) is 0 Å². The highest BCUT2D eigenvalue weighted by Gasteiger charge is 1.69. The first kappa shape index (κ1) is 10.8. The minimum Gasteiger partial charge on any atom is -0.394 e. The summed E-state index contributed by atoms with van der Waals surface area (Å²) >= 11 is 4.64. The second-order valence-corrected chi connectivity index (χ2v) is 2.10. The third-order valence-electron chi connectivity index (χ3n) is 0. The van der Waals surface area contributed by atoms with Crippen molar-refractivity contribution in [3.8, 4) is 0 Å². The van der Waals surface area contributed by atoms with E-state index in [1.54, 1.807) is 13.8 Å². The lowest BCUT2D eigenvalue weighted by Crippen LogP contribution is -1.85. The smallest absolute Gasteiger partial charge is 0.218 e. The summed E-state index contributed by atoms with van der Waals surface area (Å²) in [7, 11) is 0. The van der Waals surface area contributed by atoms with Crippen molar-refractivity contribution >= 4 is 16.8 Å². The molecule has 0 unspecified atom stereocenters. The molecule has 0 saturated heterocycles. The number of hydrogen-bond donors (Lipinski definition) is 1. The van der Waals surface area contributed by atoms with E-state index in [4.69, 9.17) is 5.11 Å². The molecule has 0 heterocycles. The van der Waals surface area contributed by atoms with Crippen LogP contribution in [0.5, 0.6) is 0 Å². The fourth-order valence-corrected chi connectivity index (χ4v) is 0. The van der Waals surface area contributed by atoms with Gasteiger partial charge in [0.2, 0.25) is 5.24 Å². The molecule has 0 aliphatic carbocycles. The second kappa shape index (κ2) is 6.92. The van der Waals surface area contributed by atoms with Crippen molar-refractivity contribution in [3.63, 3.8) is 0 Å². The van der Waals surface area contributed by atoms with Crippen LogP contribution in [0.15, 0.2) is 0 Å². The third-order valence-corrected chi connectivity index (χ3v) is 0. The standard InChI is InChI=1S/C3H8O.C2H3ClO/c1-3(2)4;1-2(3)4/h3-4H,1-2H3;1H3. The van der Waals surface area contributed by atoms with Crippen LogP contribution in [-0.4, -0.2) is 16.5 Å². The summed E-state index contributed by atoms with van der Waals surface area (Å²) in [6.07, 6.45) is -0.167. The molecule has 1 N–H and O–H groups in total. The largest absolute Gasteiger partial charge is 0.394 e. The molecule has 0 aliphatic heterocycles. The third kappa shape index (κ3) is 22400. The highest BCUT2D eigenvalue weighted by molar-refractivity contribution is 6.62. The van der Waals surface area contributed by atoms with Crippen LogP contribution in [0.2, 0.25) is 0 Å². The number of rotatable bonds is 0. The van der Waals surface area contributed by atoms with Crippen molar-refractivity contribution < 1.29 is 9.90 Å². The van der Waals surface area contributed by atoms with E-state index in [2.05, 4.69) is 11.6 Å². The highest BCUT2D eigenvalue weighted by atomic mass is 35.5. The fourth-order valence-electron chi connectivity index (χ4n) is 0. The number of carbonyl (C=O) groups is 1. The first-order valence-electron chi connectivity index (χ1n) is 2.31. The molecule has 0 aromatic heterocycles. The maximum absolute atomic E-state index is 9.21. The molecule has 2 nitrogen and oxygen atoms in total. The van der Waals surface area contributed by atoms with E-state index >= 15 is 0 Å². The summed E-state index contributed by atoms with van der Waals surface area (Å²) in [5.41, 5.74) is 0. The van der Waals surface area contributed by atoms with E-state index in [0.717, 1.165) is 0 Å². The van der Waals surface area contributed by atoms with Crippen LogP contribution in [0.1, 0.15) is 20.8 Å². The zero-order chi connectivity index (χ0) is 7.15. The van der Waals surface area contributed by atoms with Crippen LogP contribution in [-0.2, 0) is 4.79 Å². The van der Waals surface area contributed by atoms with Gasteiger partial charge in [-0.15, -0.1) is 0 Å². The number of halogens is 1. The Morgan fingerprint density at radius 3 is 1.62 bits per heavy atom. The van der Waals surface area contributed by atoms with Crippen molar-refractivity contribution in [1.82, 2.24) is 0 Å². The predicted molar refractivity (Wildman–Crippen MR) is 33.9 cm³/mol. The van der Waals surface area contributed by atoms with E-state index < -0.39 is 0 Å². The minimum atomic E-state index is -0.361. The van der Waals surface area contributed by atoms with Crippen LogP contribution in [0.4, 0.5) is 0 Å². The SMILES string of the molecule is CC(=O)Cl.CC(C)O. The van der Waals surface area contributed by atoms with Crippen LogP contribution < -0.4 is 0 Å². The van der Waals surface area contributed by atoms with Crippen molar-refractivity contribution in [2.24, 2.45) is 0 Å². The maximum Gasteiger partial charge on any atom is 0.218 e. The molecule has 50 valence electrons. The Kier molecular flexibility index (Phi) is 9.36. The Labute approximate surface area is 54.5 Å². The molecule has 0 amide bonds. The molecule has 0 spiro atoms. The molecule has 0 rings (SSSR count). The molecular formula is C5H11ClO2. The Hall–Kier alpha value is -0.0800. The molecule has 0 saturated carbocycles. The Morgan fingerprint density at radius 1 is 1.62 bits per heavy atom. The summed E-state index contributed by atoms with van der Waals surface area (Å²) in [4.78, 5) is 9.21. The monoisotopic (exact) mass is 138 g/mol. The van der Waals surface area contributed by atoms with Gasteiger partial charge in [0.15, 0.2) is 0 Å². The summed E-state index contributed by atoms with van der Waals surface area (Å²) in [5.74, 6) is 0. The first-order valence-corrected chi connectivity index (χ1v) is 2.68. The van der Waals surface area contributed by atoms with Gasteiger partial charge in [0.05, 0.1) is 0 Å². The van der Waals surface area contributed by atoms with Crippen molar-refractivity contribution in [2.45, 2.75) is 26.9 Å². The predicted octanol–water partition coefficient (Wildman–Crippen LogP) is 1.16. The number of carbonyl (C=O) groups excluding carboxylic acids is 1. The van der Waals surface area contributed by atoms with Gasteiger partial charge in [-0.2, -0.15) is 0 Å². The van der Waals surface area contributed by atoms with Gasteiger partial charge in [-0.05, 0) is 25.4 Å². The molecule has 0 aromatic carbocycles. The van der Waals surface area contributed by atoms with Crippen LogP contribution in [0.25, 0.3) is 0 Å². The van der Waals surface area contributed by atoms with Crippen LogP contribution >= 0.6 is 11.6 Å². The van der Waals surface area contributed by atoms with E-state index in [1.807, 2.05) is 0 Å². The molecule has 0 aromatic rings. The summed E-state index contributed by atoms with van der Waals surface area (Å²) < 4.78 is 0. The topological polar surface area (TPSA) is 37.3 Å². The average molecular weight is 139 g/mol. The highest BCUT2D eigenvalue weighted by Crippen LogP contribution is 1.67. The quantitative estimate of drug-likeness (QED) is 0.510. The second-order valence-electron chi connectivity index (χ2n) is 1.56. The molecule has 0 aliphatic rings. The molecule has 8 heavy (non-hydrogen) atoms. The van der Waals surface area contributed by atoms with Gasteiger partial charge in [-0.3, -0.25) is 4.79 Å². The molecular weight excluding hydrogens is 128 g/mol. The van der Waals surface area contributed by atoms with Crippen molar-refractivity contribution in [1.29, 1.82) is 0 Å². The van der Waals surface area contributed by atoms with Crippen LogP contribution in [0, 0.1) is 0 Å². The van der Waals surface area contributed by atoms with Gasteiger partial charge in [-0.1, -0.05) is 0 Å². The average Bonchev–Trinajstić information content (AvgIpc) is 1.25. The lowest BCUT2D eigenvalue weighted by Gasteiger charge is -1.80. The van der Waals surface area contributed by atoms with Crippen molar-refractivity contribution in [3.05, 3.63) is 0 Å². The Morgan fingerprint density at radius 2 is 1.62 bits per heavy atom. The van der Waals surface area contributed by atoms with Gasteiger partial charge in [-0.25, -0.2) is 0 Å². The van der Waals surface area contributed by atoms with Gasteiger partial charge in [0.1, 0.15) is 0 Å². The van der Waals surface area contributed by atoms with Gasteiger partial charge >= 0.3 is 0 Å². The number of aliphatic hydroxyl groups is 1. The molecule has 0 atom stereocenters. The maximum atomic E-state index is 9.21. The van der Waals surface area contributed by atoms with E-state index in [-0.39, 0.29) is 11.3 Å². The minimum absolute atomic E-state index is 0.167. The number of aliphatic hydroxyl groups excluding tert-OH is 1. The Balaban J connectivity index is 0. The fraction of sp³-hybridized carbons (Fsp3) is 0.800. The number of hydrogen-bond acceptors (Lipinski definition) is 2. The zero-order valence-electron chi connectivity index (χ0n) is 5.31. The Bertz CT molecular complexity index is 54.7. The molecule has 3 heteroatoms. The molecule has 0 bridgehead atoms. The summed E-state index contributed by atoms with van der Waals surface area (Å²) in [6.45, 7) is 4.74. The van der Waals surface area contributed by atoms with Gasteiger partial charge < -0.3 is 5.11 Å². The first-order chi connectivity index (χ1) is 3.46. The van der Waals surface area contributed by atoms with E-state index in [1.165, 1.54) is 6.92 Å². The summed E-state index contributed by atoms with van der Waals surface area (Å²) in [5, 5.41) is 7.69. The molecule has 0 fully saturated rings. The van der Waals surface area contributed by atoms with E-state index in [0.29, 0.717) is 0 Å². The normalized spacial score (nSPS) is 7.75. The summed E-state index contributed by atoms with van der Waals surface area (Å²) in [6, 6.07) is 0.